The van der Waals surface area contributed by atoms with Gasteiger partial charge < -0.3 is 5.32 Å². The normalized spacial score (nSPS) is 20.8. The van der Waals surface area contributed by atoms with Crippen LogP contribution in [0.3, 0.4) is 0 Å². The number of rotatable bonds is 3. The molecule has 1 saturated heterocycles. The molecule has 1 aliphatic heterocycles. The number of hydrogen-bond donors (Lipinski definition) is 1. The van der Waals surface area contributed by atoms with Crippen LogP contribution in [-0.4, -0.2) is 19.4 Å². The molecular formula is C8H14NO. The van der Waals surface area contributed by atoms with E-state index in [4.69, 9.17) is 0 Å². The molecule has 0 bridgehead atoms. The Kier molecular flexibility index (Phi) is 3.44. The van der Waals surface area contributed by atoms with Crippen LogP contribution < -0.4 is 5.32 Å². The van der Waals surface area contributed by atoms with Crippen LogP contribution in [0.25, 0.3) is 0 Å². The highest BCUT2D eigenvalue weighted by molar-refractivity contribution is 5.50. The van der Waals surface area contributed by atoms with Crippen molar-refractivity contribution in [1.82, 2.24) is 5.32 Å². The SMILES string of the molecule is O=[C]CCC1CCNCC1. The van der Waals surface area contributed by atoms with Crippen molar-refractivity contribution in [3.05, 3.63) is 0 Å². The summed E-state index contributed by atoms with van der Waals surface area (Å²) in [6.07, 6.45) is 6.10. The number of hydrogen-bond acceptors (Lipinski definition) is 2. The Balaban J connectivity index is 2.07. The van der Waals surface area contributed by atoms with Crippen molar-refractivity contribution in [1.29, 1.82) is 0 Å². The number of carbonyl (C=O) groups excluding carboxylic acids is 1. The van der Waals surface area contributed by atoms with Gasteiger partial charge >= 0.3 is 0 Å². The molecule has 2 nitrogen and oxygen atoms in total. The third-order valence-electron chi connectivity index (χ3n) is 2.11. The van der Waals surface area contributed by atoms with Gasteiger partial charge in [-0.3, -0.25) is 4.79 Å². The van der Waals surface area contributed by atoms with E-state index in [9.17, 15) is 4.79 Å². The van der Waals surface area contributed by atoms with Crippen LogP contribution >= 0.6 is 0 Å². The molecule has 0 atom stereocenters. The summed E-state index contributed by atoms with van der Waals surface area (Å²) in [5.41, 5.74) is 0. The summed E-state index contributed by atoms with van der Waals surface area (Å²) < 4.78 is 0. The van der Waals surface area contributed by atoms with E-state index < -0.39 is 0 Å². The van der Waals surface area contributed by atoms with Gasteiger partial charge in [0.2, 0.25) is 0 Å². The molecule has 10 heavy (non-hydrogen) atoms. The number of nitrogens with one attached hydrogen (secondary N) is 1. The van der Waals surface area contributed by atoms with Crippen LogP contribution in [0.2, 0.25) is 0 Å². The van der Waals surface area contributed by atoms with Crippen molar-refractivity contribution in [3.63, 3.8) is 0 Å². The van der Waals surface area contributed by atoms with Crippen molar-refractivity contribution in [2.45, 2.75) is 25.7 Å². The predicted octanol–water partition coefficient (Wildman–Crippen LogP) is 0.876. The van der Waals surface area contributed by atoms with Gasteiger partial charge in [0.25, 0.3) is 0 Å². The van der Waals surface area contributed by atoms with E-state index in [2.05, 4.69) is 5.32 Å². The van der Waals surface area contributed by atoms with E-state index in [1.165, 1.54) is 12.8 Å². The summed E-state index contributed by atoms with van der Waals surface area (Å²) in [7, 11) is 0. The largest absolute Gasteiger partial charge is 0.317 e. The second kappa shape index (κ2) is 4.45. The molecule has 1 fully saturated rings. The molecule has 1 radical (unpaired) electrons. The van der Waals surface area contributed by atoms with Crippen molar-refractivity contribution in [3.8, 4) is 0 Å². The molecule has 0 aliphatic carbocycles. The zero-order chi connectivity index (χ0) is 7.23. The topological polar surface area (TPSA) is 29.1 Å². The molecule has 0 unspecified atom stereocenters. The Morgan fingerprint density at radius 2 is 2.10 bits per heavy atom. The third kappa shape index (κ3) is 2.48. The average Bonchev–Trinajstić information content (AvgIpc) is 2.03. The molecule has 0 amide bonds. The molecule has 1 aliphatic rings. The lowest BCUT2D eigenvalue weighted by atomic mass is 9.94. The van der Waals surface area contributed by atoms with Crippen LogP contribution in [0, 0.1) is 5.92 Å². The average molecular weight is 140 g/mol. The highest BCUT2D eigenvalue weighted by atomic mass is 16.1. The fourth-order valence-corrected chi connectivity index (χ4v) is 1.43. The second-order valence-corrected chi connectivity index (χ2v) is 2.88. The van der Waals surface area contributed by atoms with E-state index in [1.54, 1.807) is 0 Å². The smallest absolute Gasteiger partial charge is 0.198 e. The lowest BCUT2D eigenvalue weighted by Crippen LogP contribution is -2.27. The molecule has 0 aromatic rings. The summed E-state index contributed by atoms with van der Waals surface area (Å²) in [6, 6.07) is 0. The third-order valence-corrected chi connectivity index (χ3v) is 2.11. The Hall–Kier alpha value is -0.370. The minimum atomic E-state index is 0.630. The van der Waals surface area contributed by atoms with Gasteiger partial charge in [-0.25, -0.2) is 0 Å². The summed E-state index contributed by atoms with van der Waals surface area (Å²) in [5, 5.41) is 3.29. The van der Waals surface area contributed by atoms with Gasteiger partial charge in [0.05, 0.1) is 0 Å². The van der Waals surface area contributed by atoms with E-state index >= 15 is 0 Å². The minimum absolute atomic E-state index is 0.630. The van der Waals surface area contributed by atoms with Crippen molar-refractivity contribution >= 4 is 6.29 Å². The van der Waals surface area contributed by atoms with Gasteiger partial charge in [-0.15, -0.1) is 0 Å². The van der Waals surface area contributed by atoms with Gasteiger partial charge in [-0.1, -0.05) is 0 Å². The zero-order valence-corrected chi connectivity index (χ0v) is 6.23. The molecule has 0 aromatic carbocycles. The molecule has 2 heteroatoms. The first-order valence-corrected chi connectivity index (χ1v) is 3.99. The molecule has 1 N–H and O–H groups in total. The summed E-state index contributed by atoms with van der Waals surface area (Å²) in [6.45, 7) is 2.26. The van der Waals surface area contributed by atoms with Crippen LogP contribution in [0.15, 0.2) is 0 Å². The first kappa shape index (κ1) is 7.73. The maximum Gasteiger partial charge on any atom is 0.198 e. The summed E-state index contributed by atoms with van der Waals surface area (Å²) >= 11 is 0. The first-order valence-electron chi connectivity index (χ1n) is 3.99. The van der Waals surface area contributed by atoms with Gasteiger partial charge in [0.1, 0.15) is 0 Å². The van der Waals surface area contributed by atoms with E-state index in [0.717, 1.165) is 25.4 Å². The fourth-order valence-electron chi connectivity index (χ4n) is 1.43. The van der Waals surface area contributed by atoms with Crippen LogP contribution in [-0.2, 0) is 4.79 Å². The summed E-state index contributed by atoms with van der Waals surface area (Å²) in [5.74, 6) is 0.780. The number of piperidine rings is 1. The van der Waals surface area contributed by atoms with Crippen molar-refractivity contribution in [2.24, 2.45) is 5.92 Å². The van der Waals surface area contributed by atoms with Gasteiger partial charge in [-0.05, 0) is 38.3 Å². The molecule has 0 spiro atoms. The predicted molar refractivity (Wildman–Crippen MR) is 40.5 cm³/mol. The molecule has 1 rings (SSSR count). The Morgan fingerprint density at radius 3 is 2.70 bits per heavy atom. The molecule has 0 aromatic heterocycles. The second-order valence-electron chi connectivity index (χ2n) is 2.88. The molecule has 0 saturated carbocycles. The Labute approximate surface area is 62.0 Å². The fraction of sp³-hybridized carbons (Fsp3) is 0.875. The molecule has 57 valence electrons. The van der Waals surface area contributed by atoms with Crippen LogP contribution in [0.4, 0.5) is 0 Å². The standard InChI is InChI=1S/C8H14NO/c10-7-1-2-8-3-5-9-6-4-8/h8-9H,1-6H2. The van der Waals surface area contributed by atoms with E-state index in [-0.39, 0.29) is 0 Å². The Morgan fingerprint density at radius 1 is 1.40 bits per heavy atom. The Bertz CT molecular complexity index is 97.4. The lowest BCUT2D eigenvalue weighted by molar-refractivity contribution is 0.357. The van der Waals surface area contributed by atoms with Gasteiger partial charge in [-0.2, -0.15) is 0 Å². The van der Waals surface area contributed by atoms with Crippen molar-refractivity contribution in [2.75, 3.05) is 13.1 Å². The highest BCUT2D eigenvalue weighted by Gasteiger charge is 2.11. The van der Waals surface area contributed by atoms with Gasteiger partial charge in [0, 0.05) is 6.42 Å². The highest BCUT2D eigenvalue weighted by Crippen LogP contribution is 2.16. The monoisotopic (exact) mass is 140 g/mol. The summed E-state index contributed by atoms with van der Waals surface area (Å²) in [4.78, 5) is 9.91. The minimum Gasteiger partial charge on any atom is -0.317 e. The molecular weight excluding hydrogens is 126 g/mol. The van der Waals surface area contributed by atoms with Crippen molar-refractivity contribution < 1.29 is 4.79 Å². The van der Waals surface area contributed by atoms with Crippen LogP contribution in [0.5, 0.6) is 0 Å². The maximum absolute atomic E-state index is 9.91. The molecule has 1 heterocycles. The quantitative estimate of drug-likeness (QED) is 0.630. The first-order chi connectivity index (χ1) is 4.93. The van der Waals surface area contributed by atoms with E-state index in [0.29, 0.717) is 6.42 Å². The lowest BCUT2D eigenvalue weighted by Gasteiger charge is -2.21. The zero-order valence-electron chi connectivity index (χ0n) is 6.23. The van der Waals surface area contributed by atoms with Gasteiger partial charge in [0.15, 0.2) is 6.29 Å². The van der Waals surface area contributed by atoms with E-state index in [1.807, 2.05) is 6.29 Å². The van der Waals surface area contributed by atoms with Crippen LogP contribution in [0.1, 0.15) is 25.7 Å². The maximum atomic E-state index is 9.91.